The molecular formula is C18H17NOS. The Bertz CT molecular complexity index is 728. The predicted octanol–water partition coefficient (Wildman–Crippen LogP) is 4.56. The lowest BCUT2D eigenvalue weighted by Gasteiger charge is -2.08. The molecule has 0 N–H and O–H groups in total. The molecule has 0 aliphatic heterocycles. The van der Waals surface area contributed by atoms with Crippen LogP contribution in [0.2, 0.25) is 0 Å². The SMILES string of the molecule is Cc1ccc(C(=O)c2ccc(CSC#N)c(C)c2)cc1C. The van der Waals surface area contributed by atoms with Crippen LogP contribution in [0.3, 0.4) is 0 Å². The monoisotopic (exact) mass is 295 g/mol. The van der Waals surface area contributed by atoms with Crippen LogP contribution in [0.15, 0.2) is 36.4 Å². The van der Waals surface area contributed by atoms with Crippen LogP contribution in [-0.4, -0.2) is 5.78 Å². The van der Waals surface area contributed by atoms with Gasteiger partial charge in [-0.1, -0.05) is 24.3 Å². The van der Waals surface area contributed by atoms with Crippen molar-refractivity contribution >= 4 is 17.5 Å². The van der Waals surface area contributed by atoms with Gasteiger partial charge in [-0.3, -0.25) is 4.79 Å². The zero-order valence-corrected chi connectivity index (χ0v) is 13.3. The molecule has 0 aliphatic rings. The number of thioether (sulfide) groups is 1. The average molecular weight is 295 g/mol. The second-order valence-corrected chi connectivity index (χ2v) is 5.91. The molecule has 0 saturated carbocycles. The topological polar surface area (TPSA) is 40.9 Å². The highest BCUT2D eigenvalue weighted by atomic mass is 32.2. The number of carbonyl (C=O) groups is 1. The Morgan fingerprint density at radius 2 is 1.62 bits per heavy atom. The lowest BCUT2D eigenvalue weighted by Crippen LogP contribution is -2.03. The Hall–Kier alpha value is -2.05. The summed E-state index contributed by atoms with van der Waals surface area (Å²) in [7, 11) is 0. The van der Waals surface area contributed by atoms with E-state index in [1.807, 2.05) is 57.2 Å². The first-order chi connectivity index (χ1) is 10.0. The van der Waals surface area contributed by atoms with Gasteiger partial charge in [-0.15, -0.1) is 0 Å². The van der Waals surface area contributed by atoms with E-state index in [9.17, 15) is 4.79 Å². The third kappa shape index (κ3) is 3.53. The quantitative estimate of drug-likeness (QED) is 0.613. The smallest absolute Gasteiger partial charge is 0.193 e. The molecule has 0 atom stereocenters. The molecule has 0 bridgehead atoms. The van der Waals surface area contributed by atoms with Crippen molar-refractivity contribution in [1.29, 1.82) is 5.26 Å². The number of hydrogen-bond donors (Lipinski definition) is 0. The van der Waals surface area contributed by atoms with Crippen LogP contribution >= 0.6 is 11.8 Å². The van der Waals surface area contributed by atoms with Crippen molar-refractivity contribution in [3.05, 3.63) is 69.8 Å². The van der Waals surface area contributed by atoms with Crippen molar-refractivity contribution in [2.45, 2.75) is 26.5 Å². The fourth-order valence-corrected chi connectivity index (χ4v) is 2.70. The first-order valence-corrected chi connectivity index (χ1v) is 7.74. The molecule has 0 aliphatic carbocycles. The minimum Gasteiger partial charge on any atom is -0.289 e. The number of benzene rings is 2. The third-order valence-electron chi connectivity index (χ3n) is 3.67. The van der Waals surface area contributed by atoms with E-state index in [0.717, 1.165) is 22.3 Å². The van der Waals surface area contributed by atoms with Gasteiger partial charge in [0.05, 0.1) is 0 Å². The summed E-state index contributed by atoms with van der Waals surface area (Å²) in [5.74, 6) is 0.696. The summed E-state index contributed by atoms with van der Waals surface area (Å²) >= 11 is 1.21. The van der Waals surface area contributed by atoms with E-state index >= 15 is 0 Å². The number of carbonyl (C=O) groups excluding carboxylic acids is 1. The van der Waals surface area contributed by atoms with Gasteiger partial charge in [-0.25, -0.2) is 0 Å². The zero-order valence-electron chi connectivity index (χ0n) is 12.4. The molecule has 0 radical (unpaired) electrons. The summed E-state index contributed by atoms with van der Waals surface area (Å²) in [6.45, 7) is 6.03. The maximum absolute atomic E-state index is 12.5. The Balaban J connectivity index is 2.29. The van der Waals surface area contributed by atoms with E-state index in [4.69, 9.17) is 5.26 Å². The van der Waals surface area contributed by atoms with Crippen LogP contribution in [-0.2, 0) is 5.75 Å². The van der Waals surface area contributed by atoms with Crippen LogP contribution in [0.25, 0.3) is 0 Å². The lowest BCUT2D eigenvalue weighted by molar-refractivity contribution is 0.103. The van der Waals surface area contributed by atoms with E-state index in [2.05, 4.69) is 5.40 Å². The van der Waals surface area contributed by atoms with E-state index in [-0.39, 0.29) is 5.78 Å². The molecule has 0 spiro atoms. The van der Waals surface area contributed by atoms with Crippen LogP contribution in [0.5, 0.6) is 0 Å². The molecule has 2 aromatic rings. The van der Waals surface area contributed by atoms with Crippen LogP contribution in [0.4, 0.5) is 0 Å². The molecule has 0 aromatic heterocycles. The molecule has 0 amide bonds. The molecule has 0 unspecified atom stereocenters. The van der Waals surface area contributed by atoms with Gasteiger partial charge in [0, 0.05) is 16.9 Å². The third-order valence-corrected chi connectivity index (χ3v) is 4.25. The zero-order chi connectivity index (χ0) is 15.4. The van der Waals surface area contributed by atoms with Crippen molar-refractivity contribution in [3.63, 3.8) is 0 Å². The van der Waals surface area contributed by atoms with Gasteiger partial charge < -0.3 is 0 Å². The second-order valence-electron chi connectivity index (χ2n) is 5.15. The van der Waals surface area contributed by atoms with Gasteiger partial charge in [0.15, 0.2) is 5.78 Å². The Kier molecular flexibility index (Phi) is 4.82. The molecule has 0 heterocycles. The number of ketones is 1. The average Bonchev–Trinajstić information content (AvgIpc) is 2.48. The van der Waals surface area contributed by atoms with Crippen molar-refractivity contribution in [2.75, 3.05) is 0 Å². The number of thiocyanates is 1. The largest absolute Gasteiger partial charge is 0.289 e. The van der Waals surface area contributed by atoms with Gasteiger partial charge in [-0.05, 0) is 66.9 Å². The van der Waals surface area contributed by atoms with E-state index in [0.29, 0.717) is 11.3 Å². The molecule has 3 heteroatoms. The normalized spacial score (nSPS) is 10.2. The van der Waals surface area contributed by atoms with Gasteiger partial charge in [0.1, 0.15) is 5.40 Å². The fourth-order valence-electron chi connectivity index (χ4n) is 2.16. The van der Waals surface area contributed by atoms with E-state index in [1.165, 1.54) is 17.3 Å². The highest BCUT2D eigenvalue weighted by molar-refractivity contribution is 8.02. The predicted molar refractivity (Wildman–Crippen MR) is 87.4 cm³/mol. The highest BCUT2D eigenvalue weighted by Gasteiger charge is 2.11. The summed E-state index contributed by atoms with van der Waals surface area (Å²) in [6.07, 6.45) is 0. The minimum absolute atomic E-state index is 0.0423. The molecule has 21 heavy (non-hydrogen) atoms. The minimum atomic E-state index is 0.0423. The highest BCUT2D eigenvalue weighted by Crippen LogP contribution is 2.20. The van der Waals surface area contributed by atoms with Crippen LogP contribution in [0, 0.1) is 31.4 Å². The summed E-state index contributed by atoms with van der Waals surface area (Å²) in [4.78, 5) is 12.5. The molecule has 0 saturated heterocycles. The van der Waals surface area contributed by atoms with Crippen LogP contribution in [0.1, 0.15) is 38.2 Å². The number of aryl methyl sites for hydroxylation is 3. The summed E-state index contributed by atoms with van der Waals surface area (Å²) in [6, 6.07) is 11.5. The Labute approximate surface area is 129 Å². The van der Waals surface area contributed by atoms with Crippen LogP contribution < -0.4 is 0 Å². The van der Waals surface area contributed by atoms with Gasteiger partial charge in [-0.2, -0.15) is 5.26 Å². The van der Waals surface area contributed by atoms with Crippen molar-refractivity contribution in [2.24, 2.45) is 0 Å². The van der Waals surface area contributed by atoms with Gasteiger partial charge in [0.2, 0.25) is 0 Å². The van der Waals surface area contributed by atoms with Crippen molar-refractivity contribution in [3.8, 4) is 5.40 Å². The van der Waals surface area contributed by atoms with Gasteiger partial charge in [0.25, 0.3) is 0 Å². The first kappa shape index (κ1) is 15.3. The number of nitriles is 1. The second kappa shape index (κ2) is 6.60. The van der Waals surface area contributed by atoms with Crippen molar-refractivity contribution in [1.82, 2.24) is 0 Å². The maximum Gasteiger partial charge on any atom is 0.193 e. The molecule has 2 aromatic carbocycles. The fraction of sp³-hybridized carbons (Fsp3) is 0.222. The molecule has 2 nitrogen and oxygen atoms in total. The summed E-state index contributed by atoms with van der Waals surface area (Å²) in [5, 5.41) is 10.7. The van der Waals surface area contributed by atoms with Gasteiger partial charge >= 0.3 is 0 Å². The summed E-state index contributed by atoms with van der Waals surface area (Å²) in [5.41, 5.74) is 5.87. The molecule has 2 rings (SSSR count). The first-order valence-electron chi connectivity index (χ1n) is 6.75. The molecule has 0 fully saturated rings. The van der Waals surface area contributed by atoms with E-state index < -0.39 is 0 Å². The van der Waals surface area contributed by atoms with E-state index in [1.54, 1.807) is 0 Å². The summed E-state index contributed by atoms with van der Waals surface area (Å²) < 4.78 is 0. The number of hydrogen-bond acceptors (Lipinski definition) is 3. The number of nitrogens with zero attached hydrogens (tertiary/aromatic N) is 1. The lowest BCUT2D eigenvalue weighted by atomic mass is 9.97. The Morgan fingerprint density at radius 1 is 1.00 bits per heavy atom. The van der Waals surface area contributed by atoms with Crippen molar-refractivity contribution < 1.29 is 4.79 Å². The molecular weight excluding hydrogens is 278 g/mol. The molecule has 106 valence electrons. The maximum atomic E-state index is 12.5. The Morgan fingerprint density at radius 3 is 2.19 bits per heavy atom. The standard InChI is InChI=1S/C18H17NOS/c1-12-4-5-15(8-13(12)2)18(20)16-6-7-17(10-21-11-19)14(3)9-16/h4-9H,10H2,1-3H3. The number of rotatable bonds is 4.